The van der Waals surface area contributed by atoms with Crippen molar-refractivity contribution in [1.82, 2.24) is 20.2 Å². The van der Waals surface area contributed by atoms with Gasteiger partial charge in [-0.15, -0.1) is 0 Å². The topological polar surface area (TPSA) is 51.6 Å². The van der Waals surface area contributed by atoms with Crippen LogP contribution in [0, 0.1) is 6.92 Å². The molecule has 0 aliphatic carbocycles. The van der Waals surface area contributed by atoms with Crippen LogP contribution < -0.4 is 0 Å². The van der Waals surface area contributed by atoms with Gasteiger partial charge in [-0.2, -0.15) is 10.2 Å². The second-order valence-electron chi connectivity index (χ2n) is 5.05. The molecule has 0 saturated carbocycles. The van der Waals surface area contributed by atoms with Crippen LogP contribution >= 0.6 is 0 Å². The summed E-state index contributed by atoms with van der Waals surface area (Å²) in [4.78, 5) is 9.14. The molecule has 3 aromatic rings. The molecule has 4 nitrogen and oxygen atoms in total. The second kappa shape index (κ2) is 5.33. The molecule has 3 rings (SSSR count). The standard InChI is InChI=1S/C16H16N4/c1-11(9-13-8-7-12(2)19-20-13)16-10-17-14-5-3-4-6-15(14)18-16/h3-8,10-11H,9H2,1-2H3. The summed E-state index contributed by atoms with van der Waals surface area (Å²) in [6.45, 7) is 4.08. The minimum Gasteiger partial charge on any atom is -0.253 e. The van der Waals surface area contributed by atoms with E-state index in [2.05, 4.69) is 27.1 Å². The minimum absolute atomic E-state index is 0.268. The lowest BCUT2D eigenvalue weighted by Crippen LogP contribution is -2.04. The summed E-state index contributed by atoms with van der Waals surface area (Å²) in [5.41, 5.74) is 4.78. The Hall–Kier alpha value is -2.36. The fraction of sp³-hybridized carbons (Fsp3) is 0.250. The van der Waals surface area contributed by atoms with Gasteiger partial charge in [0, 0.05) is 12.1 Å². The van der Waals surface area contributed by atoms with E-state index < -0.39 is 0 Å². The Morgan fingerprint density at radius 1 is 1.00 bits per heavy atom. The number of nitrogens with zero attached hydrogens (tertiary/aromatic N) is 4. The molecule has 0 aliphatic rings. The molecule has 0 spiro atoms. The van der Waals surface area contributed by atoms with Crippen LogP contribution in [-0.2, 0) is 6.42 Å². The van der Waals surface area contributed by atoms with Crippen molar-refractivity contribution in [3.63, 3.8) is 0 Å². The molecule has 1 aromatic carbocycles. The third kappa shape index (κ3) is 2.64. The van der Waals surface area contributed by atoms with Crippen molar-refractivity contribution in [2.45, 2.75) is 26.2 Å². The lowest BCUT2D eigenvalue weighted by Gasteiger charge is -2.10. The summed E-state index contributed by atoms with van der Waals surface area (Å²) >= 11 is 0. The van der Waals surface area contributed by atoms with E-state index in [1.54, 1.807) is 0 Å². The highest BCUT2D eigenvalue weighted by Gasteiger charge is 2.10. The smallest absolute Gasteiger partial charge is 0.0890 e. The SMILES string of the molecule is Cc1ccc(CC(C)c2cnc3ccccc3n2)nn1. The summed E-state index contributed by atoms with van der Waals surface area (Å²) in [7, 11) is 0. The lowest BCUT2D eigenvalue weighted by atomic mass is 10.0. The maximum atomic E-state index is 4.68. The van der Waals surface area contributed by atoms with Gasteiger partial charge < -0.3 is 0 Å². The fourth-order valence-corrected chi connectivity index (χ4v) is 2.16. The van der Waals surface area contributed by atoms with Crippen LogP contribution in [0.5, 0.6) is 0 Å². The van der Waals surface area contributed by atoms with Crippen LogP contribution in [0.3, 0.4) is 0 Å². The first kappa shape index (κ1) is 12.7. The van der Waals surface area contributed by atoms with Crippen molar-refractivity contribution in [2.24, 2.45) is 0 Å². The van der Waals surface area contributed by atoms with Gasteiger partial charge in [0.25, 0.3) is 0 Å². The molecule has 4 heteroatoms. The molecule has 1 unspecified atom stereocenters. The second-order valence-corrected chi connectivity index (χ2v) is 5.05. The molecule has 2 heterocycles. The Morgan fingerprint density at radius 2 is 1.80 bits per heavy atom. The van der Waals surface area contributed by atoms with Crippen LogP contribution in [0.25, 0.3) is 11.0 Å². The maximum absolute atomic E-state index is 4.68. The van der Waals surface area contributed by atoms with E-state index in [1.165, 1.54) is 0 Å². The Bertz CT molecular complexity index is 722. The molecule has 20 heavy (non-hydrogen) atoms. The van der Waals surface area contributed by atoms with Crippen molar-refractivity contribution in [3.05, 3.63) is 59.7 Å². The Balaban J connectivity index is 1.84. The molecular formula is C16H16N4. The molecule has 0 fully saturated rings. The monoisotopic (exact) mass is 264 g/mol. The number of rotatable bonds is 3. The molecule has 0 amide bonds. The van der Waals surface area contributed by atoms with E-state index in [1.807, 2.05) is 49.5 Å². The van der Waals surface area contributed by atoms with Gasteiger partial charge >= 0.3 is 0 Å². The normalized spacial score (nSPS) is 12.5. The predicted octanol–water partition coefficient (Wildman–Crippen LogP) is 3.07. The molecule has 1 atom stereocenters. The van der Waals surface area contributed by atoms with Gasteiger partial charge in [0.05, 0.1) is 28.1 Å². The molecule has 0 N–H and O–H groups in total. The number of benzene rings is 1. The minimum atomic E-state index is 0.268. The lowest BCUT2D eigenvalue weighted by molar-refractivity contribution is 0.701. The van der Waals surface area contributed by atoms with Gasteiger partial charge in [0.2, 0.25) is 0 Å². The Labute approximate surface area is 117 Å². The Kier molecular flexibility index (Phi) is 3.37. The average molecular weight is 264 g/mol. The molecule has 0 bridgehead atoms. The maximum Gasteiger partial charge on any atom is 0.0890 e. The summed E-state index contributed by atoms with van der Waals surface area (Å²) < 4.78 is 0. The molecule has 0 aliphatic heterocycles. The Morgan fingerprint density at radius 3 is 2.55 bits per heavy atom. The van der Waals surface area contributed by atoms with E-state index in [9.17, 15) is 0 Å². The van der Waals surface area contributed by atoms with E-state index >= 15 is 0 Å². The third-order valence-corrected chi connectivity index (χ3v) is 3.34. The highest BCUT2D eigenvalue weighted by molar-refractivity contribution is 5.73. The van der Waals surface area contributed by atoms with Crippen molar-refractivity contribution in [1.29, 1.82) is 0 Å². The van der Waals surface area contributed by atoms with Gasteiger partial charge in [0.1, 0.15) is 0 Å². The molecule has 2 aromatic heterocycles. The number of hydrogen-bond donors (Lipinski definition) is 0. The number of aromatic nitrogens is 4. The number of para-hydroxylation sites is 2. The molecule has 0 saturated heterocycles. The zero-order valence-corrected chi connectivity index (χ0v) is 11.6. The highest BCUT2D eigenvalue weighted by atomic mass is 15.1. The highest BCUT2D eigenvalue weighted by Crippen LogP contribution is 2.19. The third-order valence-electron chi connectivity index (χ3n) is 3.34. The first-order valence-corrected chi connectivity index (χ1v) is 6.73. The summed E-state index contributed by atoms with van der Waals surface area (Å²) in [6.07, 6.45) is 2.68. The quantitative estimate of drug-likeness (QED) is 0.729. The average Bonchev–Trinajstić information content (AvgIpc) is 2.49. The molecule has 0 radical (unpaired) electrons. The summed E-state index contributed by atoms with van der Waals surface area (Å²) in [5, 5.41) is 8.30. The van der Waals surface area contributed by atoms with E-state index in [-0.39, 0.29) is 5.92 Å². The predicted molar refractivity (Wildman–Crippen MR) is 78.4 cm³/mol. The summed E-state index contributed by atoms with van der Waals surface area (Å²) in [5.74, 6) is 0.268. The fourth-order valence-electron chi connectivity index (χ4n) is 2.16. The van der Waals surface area contributed by atoms with Crippen LogP contribution in [-0.4, -0.2) is 20.2 Å². The number of fused-ring (bicyclic) bond motifs is 1. The van der Waals surface area contributed by atoms with Gasteiger partial charge in [-0.05, 0) is 37.6 Å². The van der Waals surface area contributed by atoms with E-state index in [4.69, 9.17) is 0 Å². The number of aryl methyl sites for hydroxylation is 1. The van der Waals surface area contributed by atoms with Crippen LogP contribution in [0.2, 0.25) is 0 Å². The van der Waals surface area contributed by atoms with Crippen LogP contribution in [0.15, 0.2) is 42.6 Å². The molecular weight excluding hydrogens is 248 g/mol. The van der Waals surface area contributed by atoms with Crippen molar-refractivity contribution < 1.29 is 0 Å². The van der Waals surface area contributed by atoms with Gasteiger partial charge in [-0.25, -0.2) is 4.98 Å². The van der Waals surface area contributed by atoms with Crippen molar-refractivity contribution >= 4 is 11.0 Å². The number of hydrogen-bond acceptors (Lipinski definition) is 4. The van der Waals surface area contributed by atoms with Gasteiger partial charge in [-0.3, -0.25) is 4.98 Å². The van der Waals surface area contributed by atoms with Crippen LogP contribution in [0.4, 0.5) is 0 Å². The van der Waals surface area contributed by atoms with Crippen molar-refractivity contribution in [3.8, 4) is 0 Å². The van der Waals surface area contributed by atoms with Crippen molar-refractivity contribution in [2.75, 3.05) is 0 Å². The van der Waals surface area contributed by atoms with Gasteiger partial charge in [0.15, 0.2) is 0 Å². The first-order chi connectivity index (χ1) is 9.72. The zero-order chi connectivity index (χ0) is 13.9. The first-order valence-electron chi connectivity index (χ1n) is 6.73. The van der Waals surface area contributed by atoms with Crippen LogP contribution in [0.1, 0.15) is 29.9 Å². The molecule has 100 valence electrons. The largest absolute Gasteiger partial charge is 0.253 e. The zero-order valence-electron chi connectivity index (χ0n) is 11.6. The summed E-state index contributed by atoms with van der Waals surface area (Å²) in [6, 6.07) is 11.9. The van der Waals surface area contributed by atoms with Gasteiger partial charge in [-0.1, -0.05) is 19.1 Å². The van der Waals surface area contributed by atoms with E-state index in [0.717, 1.165) is 34.5 Å². The van der Waals surface area contributed by atoms with E-state index in [0.29, 0.717) is 0 Å².